The molecule has 4 rings (SSSR count). The molecule has 0 fully saturated rings. The number of rotatable bonds is 10. The van der Waals surface area contributed by atoms with Crippen molar-refractivity contribution in [2.75, 3.05) is 0 Å². The fourth-order valence-corrected chi connectivity index (χ4v) is 14.1. The first kappa shape index (κ1) is 36.2. The Kier molecular flexibility index (Phi) is 10.6. The predicted octanol–water partition coefficient (Wildman–Crippen LogP) is 12.0. The van der Waals surface area contributed by atoms with Crippen LogP contribution in [0.4, 0.5) is 0 Å². The SMILES string of the molecule is CC1=CC(C)([Si](c2cc(C(C)C)cc(C(C)C)c2)(c2cc(C(C)C)cc(C(C)C)c2)c2cc(C(C)C)cc(C(C)C)c2)C(C)=C1C. The minimum Gasteiger partial charge on any atom is -0.0730 e. The van der Waals surface area contributed by atoms with Crippen LogP contribution in [0.1, 0.15) is 180 Å². The highest BCUT2D eigenvalue weighted by atomic mass is 28.3. The first-order valence-electron chi connectivity index (χ1n) is 18.2. The van der Waals surface area contributed by atoms with Gasteiger partial charge in [-0.25, -0.2) is 0 Å². The van der Waals surface area contributed by atoms with E-state index >= 15 is 0 Å². The molecule has 1 atom stereocenters. The first-order valence-corrected chi connectivity index (χ1v) is 20.2. The molecule has 0 heterocycles. The number of hydrogen-bond acceptors (Lipinski definition) is 0. The molecule has 1 unspecified atom stereocenters. The summed E-state index contributed by atoms with van der Waals surface area (Å²) in [5, 5.41) is 4.55. The standard InChI is InChI=1S/C45H64Si/c1-27(2)36-17-37(28(3)4)21-42(20-36)46(45(16)26-33(13)34(14)35(45)15,43-22-38(29(5)6)18-39(23-43)30(7)8)44-24-40(31(9)10)19-41(25-44)32(11)12/h17-32H,1-16H3. The second kappa shape index (κ2) is 13.5. The Morgan fingerprint density at radius 1 is 0.413 bits per heavy atom. The van der Waals surface area contributed by atoms with Gasteiger partial charge in [-0.1, -0.05) is 162 Å². The van der Waals surface area contributed by atoms with Crippen LogP contribution < -0.4 is 15.6 Å². The van der Waals surface area contributed by atoms with Crippen molar-refractivity contribution in [1.82, 2.24) is 0 Å². The van der Waals surface area contributed by atoms with E-state index in [9.17, 15) is 0 Å². The van der Waals surface area contributed by atoms with E-state index in [-0.39, 0.29) is 5.04 Å². The van der Waals surface area contributed by atoms with E-state index < -0.39 is 8.07 Å². The summed E-state index contributed by atoms with van der Waals surface area (Å²) in [6.45, 7) is 38.2. The number of hydrogen-bond donors (Lipinski definition) is 0. The van der Waals surface area contributed by atoms with Gasteiger partial charge in [0.2, 0.25) is 0 Å². The van der Waals surface area contributed by atoms with Crippen molar-refractivity contribution in [3.8, 4) is 0 Å². The molecule has 1 aliphatic carbocycles. The molecule has 0 saturated carbocycles. The van der Waals surface area contributed by atoms with Gasteiger partial charge in [-0.2, -0.15) is 0 Å². The Balaban J connectivity index is 2.42. The highest BCUT2D eigenvalue weighted by Gasteiger charge is 2.56. The van der Waals surface area contributed by atoms with Gasteiger partial charge in [0.05, 0.1) is 0 Å². The molecule has 0 aromatic heterocycles. The van der Waals surface area contributed by atoms with Gasteiger partial charge in [0, 0.05) is 5.04 Å². The van der Waals surface area contributed by atoms with Crippen molar-refractivity contribution in [2.45, 2.75) is 151 Å². The zero-order chi connectivity index (χ0) is 34.5. The summed E-state index contributed by atoms with van der Waals surface area (Å²) < 4.78 is 0. The van der Waals surface area contributed by atoms with Crippen molar-refractivity contribution >= 4 is 23.6 Å². The van der Waals surface area contributed by atoms with Gasteiger partial charge in [-0.15, -0.1) is 0 Å². The lowest BCUT2D eigenvalue weighted by Gasteiger charge is -2.48. The summed E-state index contributed by atoms with van der Waals surface area (Å²) >= 11 is 0. The van der Waals surface area contributed by atoms with Gasteiger partial charge in [0.15, 0.2) is 8.07 Å². The normalized spacial score (nSPS) is 17.6. The van der Waals surface area contributed by atoms with Gasteiger partial charge in [0.25, 0.3) is 0 Å². The van der Waals surface area contributed by atoms with E-state index in [4.69, 9.17) is 0 Å². The monoisotopic (exact) mass is 632 g/mol. The molecule has 46 heavy (non-hydrogen) atoms. The Morgan fingerprint density at radius 3 is 0.826 bits per heavy atom. The Hall–Kier alpha value is -2.64. The highest BCUT2D eigenvalue weighted by Crippen LogP contribution is 2.53. The third-order valence-electron chi connectivity index (χ3n) is 11.4. The molecule has 0 nitrogen and oxygen atoms in total. The first-order chi connectivity index (χ1) is 21.3. The molecule has 0 aliphatic heterocycles. The average Bonchev–Trinajstić information content (AvgIpc) is 3.19. The Labute approximate surface area is 284 Å². The van der Waals surface area contributed by atoms with E-state index in [1.165, 1.54) is 44.5 Å². The van der Waals surface area contributed by atoms with E-state index in [0.29, 0.717) is 35.5 Å². The Bertz CT molecular complexity index is 1400. The van der Waals surface area contributed by atoms with Crippen molar-refractivity contribution in [3.05, 3.63) is 111 Å². The van der Waals surface area contributed by atoms with E-state index in [1.807, 2.05) is 0 Å². The van der Waals surface area contributed by atoms with Crippen LogP contribution in [0.25, 0.3) is 0 Å². The topological polar surface area (TPSA) is 0 Å². The predicted molar refractivity (Wildman–Crippen MR) is 209 cm³/mol. The summed E-state index contributed by atoms with van der Waals surface area (Å²) in [5.41, 5.74) is 13.2. The van der Waals surface area contributed by atoms with Gasteiger partial charge in [-0.05, 0) is 111 Å². The highest BCUT2D eigenvalue weighted by molar-refractivity contribution is 7.14. The molecule has 3 aromatic rings. The van der Waals surface area contributed by atoms with E-state index in [0.717, 1.165) is 0 Å². The van der Waals surface area contributed by atoms with Crippen LogP contribution in [-0.4, -0.2) is 8.07 Å². The van der Waals surface area contributed by atoms with Crippen LogP contribution in [0, 0.1) is 0 Å². The van der Waals surface area contributed by atoms with E-state index in [1.54, 1.807) is 21.1 Å². The maximum Gasteiger partial charge on any atom is 0.161 e. The molecule has 0 amide bonds. The van der Waals surface area contributed by atoms with Crippen LogP contribution in [0.15, 0.2) is 77.4 Å². The third-order valence-corrected chi connectivity index (χ3v) is 17.0. The van der Waals surface area contributed by atoms with Crippen LogP contribution in [0.5, 0.6) is 0 Å². The van der Waals surface area contributed by atoms with Crippen molar-refractivity contribution in [3.63, 3.8) is 0 Å². The minimum absolute atomic E-state index is 0.140. The molecular weight excluding hydrogens is 569 g/mol. The lowest BCUT2D eigenvalue weighted by molar-refractivity contribution is 0.828. The summed E-state index contributed by atoms with van der Waals surface area (Å²) in [7, 11) is -2.86. The summed E-state index contributed by atoms with van der Waals surface area (Å²) in [6.07, 6.45) is 2.69. The number of allylic oxidation sites excluding steroid dienone is 4. The zero-order valence-corrected chi connectivity index (χ0v) is 33.2. The van der Waals surface area contributed by atoms with Crippen molar-refractivity contribution in [2.24, 2.45) is 0 Å². The second-order valence-corrected chi connectivity index (χ2v) is 20.9. The molecule has 0 saturated heterocycles. The molecule has 248 valence electrons. The van der Waals surface area contributed by atoms with Crippen LogP contribution >= 0.6 is 0 Å². The quantitative estimate of drug-likeness (QED) is 0.154. The maximum absolute atomic E-state index is 2.86. The van der Waals surface area contributed by atoms with Crippen molar-refractivity contribution < 1.29 is 0 Å². The smallest absolute Gasteiger partial charge is 0.0730 e. The molecular formula is C45H64Si. The van der Waals surface area contributed by atoms with Crippen LogP contribution in [-0.2, 0) is 0 Å². The van der Waals surface area contributed by atoms with Gasteiger partial charge in [-0.3, -0.25) is 0 Å². The molecule has 1 heteroatoms. The molecule has 0 bridgehead atoms. The van der Waals surface area contributed by atoms with Crippen LogP contribution in [0.3, 0.4) is 0 Å². The molecule has 3 aromatic carbocycles. The van der Waals surface area contributed by atoms with Gasteiger partial charge >= 0.3 is 0 Å². The molecule has 0 spiro atoms. The molecule has 1 aliphatic rings. The Morgan fingerprint density at radius 2 is 0.652 bits per heavy atom. The lowest BCUT2D eigenvalue weighted by atomic mass is 9.95. The molecule has 0 radical (unpaired) electrons. The number of benzene rings is 3. The van der Waals surface area contributed by atoms with E-state index in [2.05, 4.69) is 171 Å². The largest absolute Gasteiger partial charge is 0.161 e. The summed E-state index contributed by atoms with van der Waals surface area (Å²) in [6, 6.07) is 23.4. The molecule has 0 N–H and O–H groups in total. The minimum atomic E-state index is -2.86. The second-order valence-electron chi connectivity index (χ2n) is 16.6. The van der Waals surface area contributed by atoms with Crippen LogP contribution in [0.2, 0.25) is 5.04 Å². The van der Waals surface area contributed by atoms with Gasteiger partial charge < -0.3 is 0 Å². The summed E-state index contributed by atoms with van der Waals surface area (Å²) in [5.74, 6) is 2.74. The summed E-state index contributed by atoms with van der Waals surface area (Å²) in [4.78, 5) is 0. The van der Waals surface area contributed by atoms with Crippen molar-refractivity contribution in [1.29, 1.82) is 0 Å². The fourth-order valence-electron chi connectivity index (χ4n) is 7.80. The van der Waals surface area contributed by atoms with Gasteiger partial charge in [0.1, 0.15) is 0 Å². The average molecular weight is 633 g/mol. The third kappa shape index (κ3) is 6.31. The lowest BCUT2D eigenvalue weighted by Crippen LogP contribution is -2.73. The maximum atomic E-state index is 2.69. The zero-order valence-electron chi connectivity index (χ0n) is 32.2. The fraction of sp³-hybridized carbons (Fsp3) is 0.511.